The van der Waals surface area contributed by atoms with Gasteiger partial charge >= 0.3 is 0 Å². The van der Waals surface area contributed by atoms with Crippen LogP contribution in [-0.2, 0) is 13.1 Å². The summed E-state index contributed by atoms with van der Waals surface area (Å²) in [6.07, 6.45) is 4.44. The highest BCUT2D eigenvalue weighted by atomic mass is 16.5. The standard InChI is InChI=1S/C25H35N2O6/c1-28-20-11-18(12-21(29-2)24(20)32-5)15-26-9-7-8-10-27(17-26)16-19-13-22(30-3)25(33-6)23(14-19)31-4/h11-14,17H,7-10,15-16H2,1-6H3/q+1. The van der Waals surface area contributed by atoms with Crippen molar-refractivity contribution in [2.45, 2.75) is 25.9 Å². The van der Waals surface area contributed by atoms with Crippen molar-refractivity contribution < 1.29 is 33.0 Å². The monoisotopic (exact) mass is 459 g/mol. The highest BCUT2D eigenvalue weighted by molar-refractivity contribution is 5.56. The summed E-state index contributed by atoms with van der Waals surface area (Å²) in [5, 5.41) is 0. The third-order valence-corrected chi connectivity index (χ3v) is 5.69. The van der Waals surface area contributed by atoms with E-state index in [0.717, 1.165) is 50.1 Å². The topological polar surface area (TPSA) is 61.6 Å². The van der Waals surface area contributed by atoms with Gasteiger partial charge in [-0.25, -0.2) is 0 Å². The zero-order valence-corrected chi connectivity index (χ0v) is 20.5. The molecule has 3 rings (SSSR count). The van der Waals surface area contributed by atoms with Gasteiger partial charge in [0.2, 0.25) is 17.8 Å². The van der Waals surface area contributed by atoms with E-state index < -0.39 is 0 Å². The van der Waals surface area contributed by atoms with Gasteiger partial charge in [0.25, 0.3) is 0 Å². The first-order valence-electron chi connectivity index (χ1n) is 11.0. The van der Waals surface area contributed by atoms with Gasteiger partial charge in [0.1, 0.15) is 13.1 Å². The van der Waals surface area contributed by atoms with Crippen LogP contribution < -0.4 is 28.4 Å². The average molecular weight is 460 g/mol. The largest absolute Gasteiger partial charge is 0.493 e. The molecule has 0 saturated heterocycles. The molecule has 0 bridgehead atoms. The molecule has 0 spiro atoms. The Kier molecular flexibility index (Phi) is 8.52. The van der Waals surface area contributed by atoms with E-state index in [4.69, 9.17) is 28.4 Å². The third-order valence-electron chi connectivity index (χ3n) is 5.69. The summed E-state index contributed by atoms with van der Waals surface area (Å²) in [5.74, 6) is 3.86. The zero-order chi connectivity index (χ0) is 23.8. The molecule has 0 aromatic heterocycles. The summed E-state index contributed by atoms with van der Waals surface area (Å²) >= 11 is 0. The number of benzene rings is 2. The van der Waals surface area contributed by atoms with Crippen molar-refractivity contribution in [2.75, 3.05) is 55.7 Å². The van der Waals surface area contributed by atoms with Crippen molar-refractivity contribution in [3.63, 3.8) is 0 Å². The molecule has 0 unspecified atom stereocenters. The molecule has 0 N–H and O–H groups in total. The Balaban J connectivity index is 1.85. The van der Waals surface area contributed by atoms with Gasteiger partial charge in [-0.3, -0.25) is 9.48 Å². The predicted molar refractivity (Wildman–Crippen MR) is 127 cm³/mol. The van der Waals surface area contributed by atoms with Crippen molar-refractivity contribution in [1.82, 2.24) is 4.90 Å². The smallest absolute Gasteiger partial charge is 0.234 e. The Bertz CT molecular complexity index is 925. The summed E-state index contributed by atoms with van der Waals surface area (Å²) in [7, 11) is 9.78. The van der Waals surface area contributed by atoms with Gasteiger partial charge < -0.3 is 28.4 Å². The summed E-state index contributed by atoms with van der Waals surface area (Å²) in [4.78, 5) is 2.33. The first-order valence-corrected chi connectivity index (χ1v) is 11.0. The second-order valence-corrected chi connectivity index (χ2v) is 7.83. The van der Waals surface area contributed by atoms with Crippen LogP contribution in [0.15, 0.2) is 24.3 Å². The maximum Gasteiger partial charge on any atom is 0.234 e. The second-order valence-electron chi connectivity index (χ2n) is 7.83. The Hall–Kier alpha value is -3.29. The van der Waals surface area contributed by atoms with Crippen molar-refractivity contribution in [3.8, 4) is 34.5 Å². The maximum atomic E-state index is 5.52. The van der Waals surface area contributed by atoms with Crippen LogP contribution in [0.25, 0.3) is 0 Å². The zero-order valence-electron chi connectivity index (χ0n) is 20.5. The second kappa shape index (κ2) is 11.5. The summed E-state index contributed by atoms with van der Waals surface area (Å²) < 4.78 is 35.3. The van der Waals surface area contributed by atoms with Gasteiger partial charge in [-0.2, -0.15) is 0 Å². The van der Waals surface area contributed by atoms with Crippen LogP contribution in [0.4, 0.5) is 0 Å². The first kappa shape index (κ1) is 24.4. The number of methoxy groups -OCH3 is 6. The predicted octanol–water partition coefficient (Wildman–Crippen LogP) is 3.58. The minimum absolute atomic E-state index is 0.604. The Labute approximate surface area is 196 Å². The summed E-state index contributed by atoms with van der Waals surface area (Å²) in [5.41, 5.74) is 2.19. The van der Waals surface area contributed by atoms with Crippen LogP contribution in [0.5, 0.6) is 34.5 Å². The normalized spacial score (nSPS) is 13.6. The molecule has 8 heteroatoms. The molecule has 0 fully saturated rings. The van der Waals surface area contributed by atoms with Gasteiger partial charge in [-0.05, 0) is 37.1 Å². The highest BCUT2D eigenvalue weighted by Crippen LogP contribution is 2.39. The molecule has 1 aliphatic heterocycles. The van der Waals surface area contributed by atoms with Crippen LogP contribution in [-0.4, -0.2) is 71.6 Å². The molecule has 0 aliphatic carbocycles. The lowest BCUT2D eigenvalue weighted by Gasteiger charge is -2.17. The van der Waals surface area contributed by atoms with Crippen LogP contribution in [0, 0.1) is 0 Å². The fourth-order valence-corrected chi connectivity index (χ4v) is 4.14. The Morgan fingerprint density at radius 1 is 0.667 bits per heavy atom. The van der Waals surface area contributed by atoms with Crippen molar-refractivity contribution in [2.24, 2.45) is 0 Å². The number of nitrogens with zero attached hydrogens (tertiary/aromatic N) is 2. The number of rotatable bonds is 10. The van der Waals surface area contributed by atoms with Crippen LogP contribution in [0.2, 0.25) is 0 Å². The van der Waals surface area contributed by atoms with Gasteiger partial charge in [0.05, 0.1) is 55.7 Å². The molecular weight excluding hydrogens is 424 g/mol. The quantitative estimate of drug-likeness (QED) is 0.504. The molecule has 0 saturated carbocycles. The first-order chi connectivity index (χ1) is 16.1. The van der Waals surface area contributed by atoms with E-state index >= 15 is 0 Å². The molecule has 0 atom stereocenters. The van der Waals surface area contributed by atoms with E-state index in [0.29, 0.717) is 34.5 Å². The van der Waals surface area contributed by atoms with Gasteiger partial charge in [-0.1, -0.05) is 0 Å². The molecule has 2 aromatic carbocycles. The Morgan fingerprint density at radius 3 is 1.61 bits per heavy atom. The minimum Gasteiger partial charge on any atom is -0.493 e. The van der Waals surface area contributed by atoms with E-state index in [9.17, 15) is 0 Å². The van der Waals surface area contributed by atoms with Crippen molar-refractivity contribution >= 4 is 6.34 Å². The van der Waals surface area contributed by atoms with Gasteiger partial charge in [-0.15, -0.1) is 0 Å². The number of hydrogen-bond acceptors (Lipinski definition) is 7. The van der Waals surface area contributed by atoms with Gasteiger partial charge in [0.15, 0.2) is 23.0 Å². The summed E-state index contributed by atoms with van der Waals surface area (Å²) in [6, 6.07) is 8.01. The van der Waals surface area contributed by atoms with E-state index in [1.165, 1.54) is 0 Å². The fourth-order valence-electron chi connectivity index (χ4n) is 4.14. The Morgan fingerprint density at radius 2 is 1.15 bits per heavy atom. The SMILES string of the molecule is COc1cc(CN2C=[N+](Cc3cc(OC)c(OC)c(OC)c3)CCCC2)cc(OC)c1OC. The lowest BCUT2D eigenvalue weighted by atomic mass is 10.1. The fraction of sp³-hybridized carbons (Fsp3) is 0.480. The van der Waals surface area contributed by atoms with E-state index in [1.54, 1.807) is 42.7 Å². The van der Waals surface area contributed by atoms with Crippen molar-refractivity contribution in [1.29, 1.82) is 0 Å². The van der Waals surface area contributed by atoms with Gasteiger partial charge in [0, 0.05) is 11.1 Å². The van der Waals surface area contributed by atoms with Crippen molar-refractivity contribution in [3.05, 3.63) is 35.4 Å². The third kappa shape index (κ3) is 5.74. The molecule has 180 valence electrons. The van der Waals surface area contributed by atoms with E-state index in [-0.39, 0.29) is 0 Å². The summed E-state index contributed by atoms with van der Waals surface area (Å²) in [6.45, 7) is 3.43. The minimum atomic E-state index is 0.604. The van der Waals surface area contributed by atoms with Crippen LogP contribution in [0.1, 0.15) is 24.0 Å². The van der Waals surface area contributed by atoms with E-state index in [2.05, 4.69) is 15.8 Å². The lowest BCUT2D eigenvalue weighted by Crippen LogP contribution is -2.26. The number of ether oxygens (including phenoxy) is 6. The maximum absolute atomic E-state index is 5.52. The van der Waals surface area contributed by atoms with E-state index in [1.807, 2.05) is 24.3 Å². The molecule has 33 heavy (non-hydrogen) atoms. The number of hydrogen-bond donors (Lipinski definition) is 0. The molecule has 0 amide bonds. The molecule has 2 aromatic rings. The molecular formula is C25H35N2O6+. The molecule has 1 heterocycles. The molecule has 0 radical (unpaired) electrons. The van der Waals surface area contributed by atoms with Crippen LogP contribution in [0.3, 0.4) is 0 Å². The molecule has 8 nitrogen and oxygen atoms in total. The molecule has 1 aliphatic rings. The highest BCUT2D eigenvalue weighted by Gasteiger charge is 2.20. The van der Waals surface area contributed by atoms with Crippen LogP contribution >= 0.6 is 0 Å². The average Bonchev–Trinajstić information content (AvgIpc) is 3.07. The lowest BCUT2D eigenvalue weighted by molar-refractivity contribution is -0.542.